The maximum absolute atomic E-state index is 5.41. The van der Waals surface area contributed by atoms with E-state index in [0.717, 1.165) is 13.1 Å². The van der Waals surface area contributed by atoms with Gasteiger partial charge in [-0.25, -0.2) is 0 Å². The standard InChI is InChI=1S/C8H18N2/c1-2-8(4-3-5-8)10-7-6-9/h10H,2-7,9H2,1H3. The molecule has 0 spiro atoms. The summed E-state index contributed by atoms with van der Waals surface area (Å²) in [6.45, 7) is 4.00. The van der Waals surface area contributed by atoms with Gasteiger partial charge in [0.15, 0.2) is 0 Å². The van der Waals surface area contributed by atoms with E-state index < -0.39 is 0 Å². The number of rotatable bonds is 4. The van der Waals surface area contributed by atoms with Crippen molar-refractivity contribution in [2.45, 2.75) is 38.1 Å². The molecule has 0 unspecified atom stereocenters. The third-order valence-corrected chi connectivity index (χ3v) is 2.63. The molecule has 0 saturated heterocycles. The molecule has 0 aromatic carbocycles. The summed E-state index contributed by atoms with van der Waals surface area (Å²) in [5, 5.41) is 3.51. The molecule has 0 aromatic heterocycles. The highest BCUT2D eigenvalue weighted by molar-refractivity contribution is 4.94. The number of hydrogen-bond acceptors (Lipinski definition) is 2. The van der Waals surface area contributed by atoms with E-state index in [1.165, 1.54) is 25.7 Å². The van der Waals surface area contributed by atoms with Crippen LogP contribution in [0.25, 0.3) is 0 Å². The molecule has 1 fully saturated rings. The van der Waals surface area contributed by atoms with Gasteiger partial charge in [-0.2, -0.15) is 0 Å². The number of hydrogen-bond donors (Lipinski definition) is 2. The topological polar surface area (TPSA) is 38.0 Å². The summed E-state index contributed by atoms with van der Waals surface area (Å²) in [4.78, 5) is 0. The fourth-order valence-electron chi connectivity index (χ4n) is 1.60. The van der Waals surface area contributed by atoms with Gasteiger partial charge in [-0.15, -0.1) is 0 Å². The first-order chi connectivity index (χ1) is 4.83. The Bertz CT molecular complexity index is 91.9. The minimum absolute atomic E-state index is 0.485. The van der Waals surface area contributed by atoms with Gasteiger partial charge in [0.25, 0.3) is 0 Å². The Kier molecular flexibility index (Phi) is 2.69. The van der Waals surface area contributed by atoms with Gasteiger partial charge in [0.05, 0.1) is 0 Å². The van der Waals surface area contributed by atoms with Crippen LogP contribution in [0.1, 0.15) is 32.6 Å². The van der Waals surface area contributed by atoms with Crippen molar-refractivity contribution in [1.29, 1.82) is 0 Å². The van der Waals surface area contributed by atoms with Gasteiger partial charge in [0, 0.05) is 18.6 Å². The molecule has 10 heavy (non-hydrogen) atoms. The molecule has 0 atom stereocenters. The Morgan fingerprint density at radius 2 is 2.20 bits per heavy atom. The average Bonchev–Trinajstić information content (AvgIpc) is 1.87. The van der Waals surface area contributed by atoms with Gasteiger partial charge in [0.2, 0.25) is 0 Å². The Morgan fingerprint density at radius 3 is 2.50 bits per heavy atom. The summed E-state index contributed by atoms with van der Waals surface area (Å²) in [7, 11) is 0. The van der Waals surface area contributed by atoms with E-state index in [-0.39, 0.29) is 0 Å². The summed E-state index contributed by atoms with van der Waals surface area (Å²) in [5.74, 6) is 0. The molecule has 0 bridgehead atoms. The molecule has 0 aromatic rings. The Balaban J connectivity index is 2.20. The quantitative estimate of drug-likeness (QED) is 0.611. The SMILES string of the molecule is CCC1(NCCN)CCC1. The van der Waals surface area contributed by atoms with Crippen molar-refractivity contribution in [3.05, 3.63) is 0 Å². The minimum Gasteiger partial charge on any atom is -0.329 e. The van der Waals surface area contributed by atoms with E-state index in [1.54, 1.807) is 0 Å². The predicted octanol–water partition coefficient (Wildman–Crippen LogP) is 0.867. The smallest absolute Gasteiger partial charge is 0.0179 e. The summed E-state index contributed by atoms with van der Waals surface area (Å²) < 4.78 is 0. The Hall–Kier alpha value is -0.0800. The van der Waals surface area contributed by atoms with E-state index in [4.69, 9.17) is 5.73 Å². The van der Waals surface area contributed by atoms with E-state index in [9.17, 15) is 0 Å². The molecule has 0 amide bonds. The lowest BCUT2D eigenvalue weighted by Gasteiger charge is -2.42. The molecule has 2 nitrogen and oxygen atoms in total. The molecule has 1 rings (SSSR count). The monoisotopic (exact) mass is 142 g/mol. The minimum atomic E-state index is 0.485. The molecule has 60 valence electrons. The van der Waals surface area contributed by atoms with Gasteiger partial charge < -0.3 is 11.1 Å². The lowest BCUT2D eigenvalue weighted by atomic mass is 9.75. The first-order valence-electron chi connectivity index (χ1n) is 4.28. The summed E-state index contributed by atoms with van der Waals surface area (Å²) >= 11 is 0. The third kappa shape index (κ3) is 1.50. The van der Waals surface area contributed by atoms with Crippen molar-refractivity contribution in [2.24, 2.45) is 5.73 Å². The largest absolute Gasteiger partial charge is 0.329 e. The van der Waals surface area contributed by atoms with Crippen molar-refractivity contribution in [1.82, 2.24) is 5.32 Å². The van der Waals surface area contributed by atoms with E-state index in [2.05, 4.69) is 12.2 Å². The van der Waals surface area contributed by atoms with Crippen LogP contribution in [0, 0.1) is 0 Å². The van der Waals surface area contributed by atoms with Gasteiger partial charge in [0.1, 0.15) is 0 Å². The normalized spacial score (nSPS) is 22.2. The molecule has 1 saturated carbocycles. The summed E-state index contributed by atoms with van der Waals surface area (Å²) in [6, 6.07) is 0. The van der Waals surface area contributed by atoms with Crippen LogP contribution in [-0.2, 0) is 0 Å². The van der Waals surface area contributed by atoms with Crippen LogP contribution in [0.3, 0.4) is 0 Å². The molecule has 0 aliphatic heterocycles. The van der Waals surface area contributed by atoms with Crippen LogP contribution < -0.4 is 11.1 Å². The molecule has 0 radical (unpaired) electrons. The van der Waals surface area contributed by atoms with Crippen LogP contribution in [-0.4, -0.2) is 18.6 Å². The summed E-state index contributed by atoms with van der Waals surface area (Å²) in [5.41, 5.74) is 5.89. The Morgan fingerprint density at radius 1 is 1.50 bits per heavy atom. The van der Waals surface area contributed by atoms with E-state index in [1.807, 2.05) is 0 Å². The molecule has 2 heteroatoms. The lowest BCUT2D eigenvalue weighted by molar-refractivity contribution is 0.180. The number of nitrogens with one attached hydrogen (secondary N) is 1. The fourth-order valence-corrected chi connectivity index (χ4v) is 1.60. The zero-order valence-corrected chi connectivity index (χ0v) is 6.82. The van der Waals surface area contributed by atoms with Crippen molar-refractivity contribution >= 4 is 0 Å². The van der Waals surface area contributed by atoms with Gasteiger partial charge in [-0.3, -0.25) is 0 Å². The molecular weight excluding hydrogens is 124 g/mol. The fraction of sp³-hybridized carbons (Fsp3) is 1.00. The lowest BCUT2D eigenvalue weighted by Crippen LogP contribution is -2.51. The Labute approximate surface area is 63.2 Å². The molecule has 1 aliphatic carbocycles. The highest BCUT2D eigenvalue weighted by Gasteiger charge is 2.33. The second kappa shape index (κ2) is 3.35. The maximum Gasteiger partial charge on any atom is 0.0179 e. The van der Waals surface area contributed by atoms with Crippen molar-refractivity contribution in [3.8, 4) is 0 Å². The van der Waals surface area contributed by atoms with Gasteiger partial charge in [-0.05, 0) is 25.7 Å². The highest BCUT2D eigenvalue weighted by atomic mass is 15.0. The van der Waals surface area contributed by atoms with Crippen LogP contribution in [0.5, 0.6) is 0 Å². The van der Waals surface area contributed by atoms with Gasteiger partial charge >= 0.3 is 0 Å². The molecule has 0 heterocycles. The van der Waals surface area contributed by atoms with Crippen molar-refractivity contribution in [3.63, 3.8) is 0 Å². The maximum atomic E-state index is 5.41. The molecule has 1 aliphatic rings. The first kappa shape index (κ1) is 8.02. The molecular formula is C8H18N2. The highest BCUT2D eigenvalue weighted by Crippen LogP contribution is 2.34. The first-order valence-corrected chi connectivity index (χ1v) is 4.28. The second-order valence-corrected chi connectivity index (χ2v) is 3.20. The van der Waals surface area contributed by atoms with Crippen LogP contribution >= 0.6 is 0 Å². The van der Waals surface area contributed by atoms with E-state index >= 15 is 0 Å². The predicted molar refractivity (Wildman–Crippen MR) is 43.9 cm³/mol. The molecule has 3 N–H and O–H groups in total. The van der Waals surface area contributed by atoms with Crippen molar-refractivity contribution < 1.29 is 0 Å². The average molecular weight is 142 g/mol. The van der Waals surface area contributed by atoms with Crippen LogP contribution in [0.15, 0.2) is 0 Å². The second-order valence-electron chi connectivity index (χ2n) is 3.20. The van der Waals surface area contributed by atoms with Crippen LogP contribution in [0.4, 0.5) is 0 Å². The van der Waals surface area contributed by atoms with Gasteiger partial charge in [-0.1, -0.05) is 6.92 Å². The zero-order valence-electron chi connectivity index (χ0n) is 6.82. The van der Waals surface area contributed by atoms with Crippen molar-refractivity contribution in [2.75, 3.05) is 13.1 Å². The zero-order chi connectivity index (χ0) is 7.45. The van der Waals surface area contributed by atoms with E-state index in [0.29, 0.717) is 5.54 Å². The summed E-state index contributed by atoms with van der Waals surface area (Å²) in [6.07, 6.45) is 5.35. The van der Waals surface area contributed by atoms with Crippen LogP contribution in [0.2, 0.25) is 0 Å². The third-order valence-electron chi connectivity index (χ3n) is 2.63. The number of nitrogens with two attached hydrogens (primary N) is 1.